The summed E-state index contributed by atoms with van der Waals surface area (Å²) in [6.07, 6.45) is 2.36. The molecule has 0 fully saturated rings. The molecule has 18 heavy (non-hydrogen) atoms. The number of para-hydroxylation sites is 1. The van der Waals surface area contributed by atoms with Crippen LogP contribution in [0.2, 0.25) is 10.2 Å². The number of aldehydes is 1. The van der Waals surface area contributed by atoms with Gasteiger partial charge in [0.05, 0.1) is 22.0 Å². The molecule has 0 aliphatic carbocycles. The van der Waals surface area contributed by atoms with Gasteiger partial charge in [-0.2, -0.15) is 5.10 Å². The van der Waals surface area contributed by atoms with Crippen molar-refractivity contribution in [2.24, 2.45) is 0 Å². The van der Waals surface area contributed by atoms with Gasteiger partial charge in [-0.3, -0.25) is 4.79 Å². The monoisotopic (exact) mass is 282 g/mol. The number of halogens is 2. The molecule has 5 heteroatoms. The molecule has 2 aromatic rings. The van der Waals surface area contributed by atoms with E-state index in [1.165, 1.54) is 4.68 Å². The lowest BCUT2D eigenvalue weighted by Gasteiger charge is -2.04. The molecule has 1 aromatic heterocycles. The number of aromatic nitrogens is 2. The summed E-state index contributed by atoms with van der Waals surface area (Å²) in [6.45, 7) is 2.02. The van der Waals surface area contributed by atoms with E-state index in [-0.39, 0.29) is 0 Å². The summed E-state index contributed by atoms with van der Waals surface area (Å²) in [4.78, 5) is 11.1. The lowest BCUT2D eigenvalue weighted by Crippen LogP contribution is -1.98. The highest BCUT2D eigenvalue weighted by molar-refractivity contribution is 6.34. The molecule has 0 aliphatic rings. The van der Waals surface area contributed by atoms with Gasteiger partial charge in [-0.25, -0.2) is 4.68 Å². The third-order valence-corrected chi connectivity index (χ3v) is 3.31. The Morgan fingerprint density at radius 3 is 2.67 bits per heavy atom. The van der Waals surface area contributed by atoms with Crippen LogP contribution in [-0.2, 0) is 6.42 Å². The smallest absolute Gasteiger partial charge is 0.155 e. The van der Waals surface area contributed by atoms with Crippen molar-refractivity contribution in [2.75, 3.05) is 0 Å². The molecule has 1 aromatic carbocycles. The van der Waals surface area contributed by atoms with Crippen LogP contribution in [0.4, 0.5) is 0 Å². The van der Waals surface area contributed by atoms with Crippen LogP contribution in [0.3, 0.4) is 0 Å². The molecule has 0 saturated carbocycles. The summed E-state index contributed by atoms with van der Waals surface area (Å²) in [5, 5.41) is 5.22. The molecule has 0 saturated heterocycles. The number of carbonyl (C=O) groups excluding carboxylic acids is 1. The molecule has 0 bridgehead atoms. The summed E-state index contributed by atoms with van der Waals surface area (Å²) in [5.41, 5.74) is 1.82. The van der Waals surface area contributed by atoms with E-state index >= 15 is 0 Å². The Hall–Kier alpha value is -1.32. The fourth-order valence-electron chi connectivity index (χ4n) is 1.77. The number of benzene rings is 1. The molecule has 0 aliphatic heterocycles. The standard InChI is InChI=1S/C13H12Cl2N2O/c1-2-5-11-9(8-18)13(15)17(16-11)12-7-4-3-6-10(12)14/h3-4,6-8H,2,5H2,1H3. The van der Waals surface area contributed by atoms with E-state index in [1.807, 2.05) is 25.1 Å². The predicted octanol–water partition coefficient (Wildman–Crippen LogP) is 3.94. The van der Waals surface area contributed by atoms with Crippen LogP contribution in [0.1, 0.15) is 29.4 Å². The first-order valence-electron chi connectivity index (χ1n) is 5.66. The van der Waals surface area contributed by atoms with E-state index in [4.69, 9.17) is 23.2 Å². The highest BCUT2D eigenvalue weighted by Crippen LogP contribution is 2.27. The second kappa shape index (κ2) is 5.55. The highest BCUT2D eigenvalue weighted by Gasteiger charge is 2.17. The minimum atomic E-state index is 0.307. The third kappa shape index (κ3) is 2.28. The number of hydrogen-bond donors (Lipinski definition) is 0. The zero-order chi connectivity index (χ0) is 13.1. The zero-order valence-electron chi connectivity index (χ0n) is 9.86. The average Bonchev–Trinajstić information content (AvgIpc) is 2.67. The lowest BCUT2D eigenvalue weighted by atomic mass is 10.2. The molecule has 0 spiro atoms. The Kier molecular flexibility index (Phi) is 4.04. The Labute approximate surface area is 115 Å². The Morgan fingerprint density at radius 2 is 2.06 bits per heavy atom. The number of rotatable bonds is 4. The first-order valence-corrected chi connectivity index (χ1v) is 6.42. The number of nitrogens with zero attached hydrogens (tertiary/aromatic N) is 2. The van der Waals surface area contributed by atoms with Crippen LogP contribution in [0.15, 0.2) is 24.3 Å². The molecule has 0 amide bonds. The van der Waals surface area contributed by atoms with E-state index in [2.05, 4.69) is 5.10 Å². The van der Waals surface area contributed by atoms with E-state index in [0.29, 0.717) is 33.5 Å². The van der Waals surface area contributed by atoms with Gasteiger partial charge in [0.2, 0.25) is 0 Å². The van der Waals surface area contributed by atoms with Gasteiger partial charge in [0.15, 0.2) is 6.29 Å². The van der Waals surface area contributed by atoms with Crippen molar-refractivity contribution >= 4 is 29.5 Å². The quantitative estimate of drug-likeness (QED) is 0.796. The molecule has 3 nitrogen and oxygen atoms in total. The molecular weight excluding hydrogens is 271 g/mol. The fraction of sp³-hybridized carbons (Fsp3) is 0.231. The average molecular weight is 283 g/mol. The number of hydrogen-bond acceptors (Lipinski definition) is 2. The number of aryl methyl sites for hydroxylation is 1. The maximum Gasteiger partial charge on any atom is 0.155 e. The largest absolute Gasteiger partial charge is 0.298 e. The molecule has 0 atom stereocenters. The van der Waals surface area contributed by atoms with E-state index in [1.54, 1.807) is 6.07 Å². The Bertz CT molecular complexity index is 578. The van der Waals surface area contributed by atoms with Gasteiger partial charge >= 0.3 is 0 Å². The molecule has 0 N–H and O–H groups in total. The zero-order valence-corrected chi connectivity index (χ0v) is 11.4. The van der Waals surface area contributed by atoms with Crippen molar-refractivity contribution < 1.29 is 4.79 Å². The lowest BCUT2D eigenvalue weighted by molar-refractivity contribution is 0.112. The van der Waals surface area contributed by atoms with Gasteiger partial charge in [0, 0.05) is 0 Å². The van der Waals surface area contributed by atoms with Crippen LogP contribution in [-0.4, -0.2) is 16.1 Å². The van der Waals surface area contributed by atoms with Crippen molar-refractivity contribution in [3.8, 4) is 5.69 Å². The Balaban J connectivity index is 2.59. The molecular formula is C13H12Cl2N2O. The normalized spacial score (nSPS) is 10.6. The summed E-state index contributed by atoms with van der Waals surface area (Å²) >= 11 is 12.3. The minimum Gasteiger partial charge on any atom is -0.298 e. The van der Waals surface area contributed by atoms with E-state index < -0.39 is 0 Å². The molecule has 2 rings (SSSR count). The summed E-state index contributed by atoms with van der Waals surface area (Å²) < 4.78 is 1.51. The second-order valence-corrected chi connectivity index (χ2v) is 4.65. The maximum atomic E-state index is 11.1. The first kappa shape index (κ1) is 13.1. The first-order chi connectivity index (χ1) is 8.69. The third-order valence-electron chi connectivity index (χ3n) is 2.63. The second-order valence-electron chi connectivity index (χ2n) is 3.88. The van der Waals surface area contributed by atoms with Gasteiger partial charge in [-0.05, 0) is 18.6 Å². The molecule has 0 unspecified atom stereocenters. The van der Waals surface area contributed by atoms with Crippen molar-refractivity contribution in [3.05, 3.63) is 45.7 Å². The van der Waals surface area contributed by atoms with Crippen LogP contribution in [0, 0.1) is 0 Å². The van der Waals surface area contributed by atoms with Crippen LogP contribution >= 0.6 is 23.2 Å². The fourth-order valence-corrected chi connectivity index (χ4v) is 2.27. The summed E-state index contributed by atoms with van der Waals surface area (Å²) in [5.74, 6) is 0. The van der Waals surface area contributed by atoms with Crippen LogP contribution in [0.25, 0.3) is 5.69 Å². The van der Waals surface area contributed by atoms with Gasteiger partial charge in [0.1, 0.15) is 5.15 Å². The summed E-state index contributed by atoms with van der Waals surface area (Å²) in [7, 11) is 0. The van der Waals surface area contributed by atoms with Crippen molar-refractivity contribution in [3.63, 3.8) is 0 Å². The molecule has 0 radical (unpaired) electrons. The van der Waals surface area contributed by atoms with E-state index in [9.17, 15) is 4.79 Å². The van der Waals surface area contributed by atoms with Crippen LogP contribution < -0.4 is 0 Å². The van der Waals surface area contributed by atoms with Gasteiger partial charge < -0.3 is 0 Å². The molecule has 94 valence electrons. The Morgan fingerprint density at radius 1 is 1.33 bits per heavy atom. The predicted molar refractivity (Wildman–Crippen MR) is 73.0 cm³/mol. The van der Waals surface area contributed by atoms with Crippen molar-refractivity contribution in [1.29, 1.82) is 0 Å². The number of carbonyl (C=O) groups is 1. The molecule has 1 heterocycles. The highest BCUT2D eigenvalue weighted by atomic mass is 35.5. The minimum absolute atomic E-state index is 0.307. The van der Waals surface area contributed by atoms with Gasteiger partial charge in [-0.15, -0.1) is 0 Å². The van der Waals surface area contributed by atoms with E-state index in [0.717, 1.165) is 12.7 Å². The van der Waals surface area contributed by atoms with Crippen LogP contribution in [0.5, 0.6) is 0 Å². The summed E-state index contributed by atoms with van der Waals surface area (Å²) in [6, 6.07) is 7.25. The van der Waals surface area contributed by atoms with Gasteiger partial charge in [-0.1, -0.05) is 48.7 Å². The SMILES string of the molecule is CCCc1nn(-c2ccccc2Cl)c(Cl)c1C=O. The van der Waals surface area contributed by atoms with Crippen molar-refractivity contribution in [2.45, 2.75) is 19.8 Å². The van der Waals surface area contributed by atoms with Crippen molar-refractivity contribution in [1.82, 2.24) is 9.78 Å². The maximum absolute atomic E-state index is 11.1. The topological polar surface area (TPSA) is 34.9 Å². The van der Waals surface area contributed by atoms with Gasteiger partial charge in [0.25, 0.3) is 0 Å².